The molecule has 1 amide bonds. The van der Waals surface area contributed by atoms with Gasteiger partial charge in [0.05, 0.1) is 0 Å². The maximum Gasteiger partial charge on any atom is 0.433 e. The molecule has 1 N–H and O–H groups in total. The molecule has 26 heavy (non-hydrogen) atoms. The van der Waals surface area contributed by atoms with Gasteiger partial charge in [0.25, 0.3) is 5.91 Å². The molecule has 1 aliphatic heterocycles. The lowest BCUT2D eigenvalue weighted by atomic mass is 10.2. The summed E-state index contributed by atoms with van der Waals surface area (Å²) in [6, 6.07) is 6.52. The van der Waals surface area contributed by atoms with E-state index in [-0.39, 0.29) is 11.7 Å². The minimum Gasteiger partial charge on any atom is -0.481 e. The lowest BCUT2D eigenvalue weighted by molar-refractivity contribution is -0.141. The second-order valence-corrected chi connectivity index (χ2v) is 5.69. The number of hydrogen-bond acceptors (Lipinski definition) is 5. The molecule has 1 fully saturated rings. The molecule has 3 rings (SSSR count). The standard InChI is InChI=1S/C17H16F3N3O3/c18-17(19,20)14-8-10-22-16(23-14)26-12-6-4-11(5-7-12)25-13-3-1-2-9-21-15(13)24/h4-8,10,13H,1-3,9H2,(H,21,24). The van der Waals surface area contributed by atoms with Crippen LogP contribution in [0.15, 0.2) is 36.5 Å². The summed E-state index contributed by atoms with van der Waals surface area (Å²) in [5.41, 5.74) is -1.08. The van der Waals surface area contributed by atoms with Crippen molar-refractivity contribution in [3.05, 3.63) is 42.2 Å². The van der Waals surface area contributed by atoms with Crippen LogP contribution in [0.3, 0.4) is 0 Å². The Morgan fingerprint density at radius 1 is 1.08 bits per heavy atom. The maximum atomic E-state index is 12.6. The van der Waals surface area contributed by atoms with E-state index in [1.165, 1.54) is 12.1 Å². The molecule has 1 aromatic heterocycles. The van der Waals surface area contributed by atoms with E-state index in [0.717, 1.165) is 25.1 Å². The number of nitrogens with zero attached hydrogens (tertiary/aromatic N) is 2. The Balaban J connectivity index is 1.65. The smallest absolute Gasteiger partial charge is 0.433 e. The van der Waals surface area contributed by atoms with Crippen LogP contribution in [0.25, 0.3) is 0 Å². The van der Waals surface area contributed by atoms with Crippen LogP contribution in [0, 0.1) is 0 Å². The van der Waals surface area contributed by atoms with Gasteiger partial charge in [0.1, 0.15) is 11.5 Å². The average molecular weight is 367 g/mol. The molecular formula is C17H16F3N3O3. The molecule has 2 heterocycles. The van der Waals surface area contributed by atoms with E-state index in [4.69, 9.17) is 9.47 Å². The van der Waals surface area contributed by atoms with Crippen molar-refractivity contribution in [3.8, 4) is 17.5 Å². The molecule has 0 aliphatic carbocycles. The zero-order valence-electron chi connectivity index (χ0n) is 13.6. The van der Waals surface area contributed by atoms with E-state index in [1.807, 2.05) is 0 Å². The highest BCUT2D eigenvalue weighted by Gasteiger charge is 2.33. The first-order chi connectivity index (χ1) is 12.4. The molecule has 9 heteroatoms. The Morgan fingerprint density at radius 3 is 2.54 bits per heavy atom. The predicted octanol–water partition coefficient (Wildman–Crippen LogP) is 3.34. The van der Waals surface area contributed by atoms with Crippen molar-refractivity contribution in [2.75, 3.05) is 6.54 Å². The number of ether oxygens (including phenoxy) is 2. The third-order valence-corrected chi connectivity index (χ3v) is 3.72. The highest BCUT2D eigenvalue weighted by Crippen LogP contribution is 2.29. The molecule has 138 valence electrons. The first-order valence-corrected chi connectivity index (χ1v) is 8.04. The third kappa shape index (κ3) is 4.62. The molecule has 1 unspecified atom stereocenters. The van der Waals surface area contributed by atoms with Crippen molar-refractivity contribution in [3.63, 3.8) is 0 Å². The molecule has 1 aromatic carbocycles. The first kappa shape index (κ1) is 18.0. The highest BCUT2D eigenvalue weighted by atomic mass is 19.4. The van der Waals surface area contributed by atoms with Crippen molar-refractivity contribution < 1.29 is 27.4 Å². The molecule has 0 saturated carbocycles. The molecule has 2 aromatic rings. The predicted molar refractivity (Wildman–Crippen MR) is 84.8 cm³/mol. The van der Waals surface area contributed by atoms with Crippen LogP contribution < -0.4 is 14.8 Å². The Morgan fingerprint density at radius 2 is 1.81 bits per heavy atom. The number of aromatic nitrogens is 2. The molecule has 1 saturated heterocycles. The van der Waals surface area contributed by atoms with Gasteiger partial charge in [-0.15, -0.1) is 0 Å². The zero-order chi connectivity index (χ0) is 18.6. The second-order valence-electron chi connectivity index (χ2n) is 5.69. The number of halogens is 3. The van der Waals surface area contributed by atoms with Crippen molar-refractivity contribution >= 4 is 5.91 Å². The van der Waals surface area contributed by atoms with Crippen LogP contribution in [0.5, 0.6) is 17.5 Å². The largest absolute Gasteiger partial charge is 0.481 e. The van der Waals surface area contributed by atoms with Crippen LogP contribution >= 0.6 is 0 Å². The number of carbonyl (C=O) groups is 1. The minimum absolute atomic E-state index is 0.153. The summed E-state index contributed by atoms with van der Waals surface area (Å²) in [7, 11) is 0. The number of alkyl halides is 3. The Kier molecular flexibility index (Phi) is 5.24. The van der Waals surface area contributed by atoms with Crippen LogP contribution in [0.2, 0.25) is 0 Å². The van der Waals surface area contributed by atoms with Gasteiger partial charge >= 0.3 is 12.2 Å². The Bertz CT molecular complexity index is 766. The second kappa shape index (κ2) is 7.59. The van der Waals surface area contributed by atoms with Crippen LogP contribution in [0.4, 0.5) is 13.2 Å². The molecule has 1 atom stereocenters. The summed E-state index contributed by atoms with van der Waals surface area (Å²) < 4.78 is 48.9. The summed E-state index contributed by atoms with van der Waals surface area (Å²) in [5.74, 6) is 0.562. The summed E-state index contributed by atoms with van der Waals surface area (Å²) in [5, 5.41) is 2.78. The maximum absolute atomic E-state index is 12.6. The number of benzene rings is 1. The highest BCUT2D eigenvalue weighted by molar-refractivity contribution is 5.81. The molecule has 1 aliphatic rings. The number of rotatable bonds is 4. The van der Waals surface area contributed by atoms with E-state index in [9.17, 15) is 18.0 Å². The molecule has 0 radical (unpaired) electrons. The van der Waals surface area contributed by atoms with Gasteiger partial charge < -0.3 is 14.8 Å². The van der Waals surface area contributed by atoms with Crippen molar-refractivity contribution in [1.29, 1.82) is 0 Å². The van der Waals surface area contributed by atoms with Gasteiger partial charge in [-0.1, -0.05) is 0 Å². The Labute approximate surface area is 147 Å². The topological polar surface area (TPSA) is 73.3 Å². The zero-order valence-corrected chi connectivity index (χ0v) is 13.6. The molecular weight excluding hydrogens is 351 g/mol. The van der Waals surface area contributed by atoms with Gasteiger partial charge in [0, 0.05) is 12.7 Å². The van der Waals surface area contributed by atoms with Crippen molar-refractivity contribution in [2.45, 2.75) is 31.5 Å². The molecule has 0 bridgehead atoms. The van der Waals surface area contributed by atoms with E-state index in [2.05, 4.69) is 15.3 Å². The fourth-order valence-corrected chi connectivity index (χ4v) is 2.43. The quantitative estimate of drug-likeness (QED) is 0.897. The van der Waals surface area contributed by atoms with Crippen LogP contribution in [0.1, 0.15) is 25.0 Å². The van der Waals surface area contributed by atoms with Gasteiger partial charge in [0.2, 0.25) is 0 Å². The fraction of sp³-hybridized carbons (Fsp3) is 0.353. The number of amides is 1. The van der Waals surface area contributed by atoms with Crippen LogP contribution in [-0.2, 0) is 11.0 Å². The fourth-order valence-electron chi connectivity index (χ4n) is 2.43. The Hall–Kier alpha value is -2.84. The van der Waals surface area contributed by atoms with Gasteiger partial charge in [-0.2, -0.15) is 18.2 Å². The van der Waals surface area contributed by atoms with Gasteiger partial charge in [0.15, 0.2) is 11.8 Å². The van der Waals surface area contributed by atoms with Crippen LogP contribution in [-0.4, -0.2) is 28.5 Å². The number of carbonyl (C=O) groups excluding carboxylic acids is 1. The lowest BCUT2D eigenvalue weighted by Crippen LogP contribution is -2.36. The van der Waals surface area contributed by atoms with Gasteiger partial charge in [-0.05, 0) is 49.6 Å². The SMILES string of the molecule is O=C1NCCCCC1Oc1ccc(Oc2nccc(C(F)(F)F)n2)cc1. The van der Waals surface area contributed by atoms with E-state index >= 15 is 0 Å². The van der Waals surface area contributed by atoms with E-state index < -0.39 is 24.0 Å². The van der Waals surface area contributed by atoms with Gasteiger partial charge in [-0.25, -0.2) is 4.98 Å². The van der Waals surface area contributed by atoms with Gasteiger partial charge in [-0.3, -0.25) is 4.79 Å². The lowest BCUT2D eigenvalue weighted by Gasteiger charge is -2.16. The minimum atomic E-state index is -4.57. The summed E-state index contributed by atoms with van der Waals surface area (Å²) in [6.07, 6.45) is -1.73. The number of hydrogen-bond donors (Lipinski definition) is 1. The average Bonchev–Trinajstić information content (AvgIpc) is 2.81. The van der Waals surface area contributed by atoms with E-state index in [0.29, 0.717) is 18.7 Å². The summed E-state index contributed by atoms with van der Waals surface area (Å²) in [6.45, 7) is 0.641. The normalized spacial score (nSPS) is 18.0. The van der Waals surface area contributed by atoms with E-state index in [1.54, 1.807) is 12.1 Å². The number of nitrogens with one attached hydrogen (secondary N) is 1. The van der Waals surface area contributed by atoms with Crippen molar-refractivity contribution in [2.24, 2.45) is 0 Å². The first-order valence-electron chi connectivity index (χ1n) is 8.04. The molecule has 6 nitrogen and oxygen atoms in total. The monoisotopic (exact) mass is 367 g/mol. The molecule has 0 spiro atoms. The summed E-state index contributed by atoms with van der Waals surface area (Å²) in [4.78, 5) is 18.9. The van der Waals surface area contributed by atoms with Crippen molar-refractivity contribution in [1.82, 2.24) is 15.3 Å². The third-order valence-electron chi connectivity index (χ3n) is 3.72. The summed E-state index contributed by atoms with van der Waals surface area (Å²) >= 11 is 0.